The average molecular weight is 314 g/mol. The van der Waals surface area contributed by atoms with Gasteiger partial charge in [0, 0.05) is 16.0 Å². The Bertz CT molecular complexity index is 483. The Morgan fingerprint density at radius 2 is 2.30 bits per heavy atom. The van der Waals surface area contributed by atoms with Crippen molar-refractivity contribution in [3.05, 3.63) is 34.9 Å². The molecule has 2 atom stereocenters. The summed E-state index contributed by atoms with van der Waals surface area (Å²) >= 11 is 7.98. The van der Waals surface area contributed by atoms with Crippen LogP contribution in [0.2, 0.25) is 5.02 Å². The standard InChI is InChI=1S/C15H20ClNO2S/c1-19-14(18)15(17)8-4-6-12(9-15)20-10-11-5-2-3-7-13(11)16/h2-3,5,7,12H,4,6,8-10,17H2,1H3. The van der Waals surface area contributed by atoms with Crippen molar-refractivity contribution >= 4 is 29.3 Å². The second-order valence-corrected chi connectivity index (χ2v) is 6.96. The molecule has 1 saturated carbocycles. The minimum absolute atomic E-state index is 0.291. The Hall–Kier alpha value is -0.710. The van der Waals surface area contributed by atoms with Crippen LogP contribution in [0.1, 0.15) is 31.2 Å². The number of halogens is 1. The first-order valence-electron chi connectivity index (χ1n) is 6.77. The van der Waals surface area contributed by atoms with Gasteiger partial charge in [-0.05, 0) is 37.3 Å². The summed E-state index contributed by atoms with van der Waals surface area (Å²) in [5.41, 5.74) is 6.50. The minimum Gasteiger partial charge on any atom is -0.468 e. The summed E-state index contributed by atoms with van der Waals surface area (Å²) in [7, 11) is 1.40. The van der Waals surface area contributed by atoms with E-state index in [-0.39, 0.29) is 5.97 Å². The SMILES string of the molecule is COC(=O)C1(N)CCCC(SCc2ccccc2Cl)C1. The first-order chi connectivity index (χ1) is 9.55. The predicted octanol–water partition coefficient (Wildman–Crippen LogP) is 3.39. The maximum Gasteiger partial charge on any atom is 0.325 e. The van der Waals surface area contributed by atoms with E-state index in [1.807, 2.05) is 36.0 Å². The lowest BCUT2D eigenvalue weighted by Gasteiger charge is -2.35. The van der Waals surface area contributed by atoms with Crippen molar-refractivity contribution in [2.75, 3.05) is 7.11 Å². The molecule has 5 heteroatoms. The molecule has 1 fully saturated rings. The zero-order chi connectivity index (χ0) is 14.6. The number of hydrogen-bond donors (Lipinski definition) is 1. The molecule has 110 valence electrons. The molecular formula is C15H20ClNO2S. The summed E-state index contributed by atoms with van der Waals surface area (Å²) in [6.07, 6.45) is 3.44. The van der Waals surface area contributed by atoms with E-state index in [1.54, 1.807) is 0 Å². The van der Waals surface area contributed by atoms with Gasteiger partial charge in [-0.2, -0.15) is 11.8 Å². The number of ether oxygens (including phenoxy) is 1. The van der Waals surface area contributed by atoms with Crippen LogP contribution in [0.15, 0.2) is 24.3 Å². The Balaban J connectivity index is 1.94. The van der Waals surface area contributed by atoms with Crippen LogP contribution in [-0.4, -0.2) is 23.9 Å². The number of carbonyl (C=O) groups is 1. The fraction of sp³-hybridized carbons (Fsp3) is 0.533. The third-order valence-electron chi connectivity index (χ3n) is 3.77. The van der Waals surface area contributed by atoms with Gasteiger partial charge in [-0.15, -0.1) is 0 Å². The molecule has 0 spiro atoms. The Morgan fingerprint density at radius 3 is 3.00 bits per heavy atom. The van der Waals surface area contributed by atoms with Gasteiger partial charge in [0.15, 0.2) is 0 Å². The summed E-state index contributed by atoms with van der Waals surface area (Å²) in [5, 5.41) is 1.17. The van der Waals surface area contributed by atoms with E-state index in [0.29, 0.717) is 18.1 Å². The lowest BCUT2D eigenvalue weighted by molar-refractivity contribution is -0.148. The molecule has 20 heavy (non-hydrogen) atoms. The number of rotatable bonds is 4. The van der Waals surface area contributed by atoms with Crippen LogP contribution >= 0.6 is 23.4 Å². The lowest BCUT2D eigenvalue weighted by atomic mass is 9.82. The third-order valence-corrected chi connectivity index (χ3v) is 5.49. The molecule has 2 rings (SSSR count). The van der Waals surface area contributed by atoms with Gasteiger partial charge in [0.1, 0.15) is 5.54 Å². The monoisotopic (exact) mass is 313 g/mol. The van der Waals surface area contributed by atoms with Crippen LogP contribution in [0, 0.1) is 0 Å². The van der Waals surface area contributed by atoms with E-state index in [9.17, 15) is 4.79 Å². The van der Waals surface area contributed by atoms with E-state index in [4.69, 9.17) is 22.1 Å². The highest BCUT2D eigenvalue weighted by molar-refractivity contribution is 7.99. The highest BCUT2D eigenvalue weighted by Gasteiger charge is 2.40. The molecule has 1 aromatic carbocycles. The van der Waals surface area contributed by atoms with Crippen LogP contribution in [0.5, 0.6) is 0 Å². The number of methoxy groups -OCH3 is 1. The van der Waals surface area contributed by atoms with Crippen LogP contribution in [0.4, 0.5) is 0 Å². The maximum atomic E-state index is 11.8. The van der Waals surface area contributed by atoms with Crippen molar-refractivity contribution in [3.63, 3.8) is 0 Å². The second kappa shape index (κ2) is 6.83. The van der Waals surface area contributed by atoms with Gasteiger partial charge in [0.2, 0.25) is 0 Å². The number of hydrogen-bond acceptors (Lipinski definition) is 4. The van der Waals surface area contributed by atoms with E-state index in [0.717, 1.165) is 29.2 Å². The summed E-state index contributed by atoms with van der Waals surface area (Å²) in [5.74, 6) is 0.558. The summed E-state index contributed by atoms with van der Waals surface area (Å²) < 4.78 is 4.83. The fourth-order valence-electron chi connectivity index (χ4n) is 2.61. The van der Waals surface area contributed by atoms with Crippen LogP contribution in [-0.2, 0) is 15.3 Å². The molecule has 2 unspecified atom stereocenters. The number of esters is 1. The normalized spacial score (nSPS) is 26.2. The summed E-state index contributed by atoms with van der Waals surface area (Å²) in [6.45, 7) is 0. The van der Waals surface area contributed by atoms with E-state index < -0.39 is 5.54 Å². The molecule has 1 aliphatic carbocycles. The number of benzene rings is 1. The molecule has 0 saturated heterocycles. The number of carbonyl (C=O) groups excluding carboxylic acids is 1. The molecule has 1 aromatic rings. The van der Waals surface area contributed by atoms with Gasteiger partial charge < -0.3 is 10.5 Å². The topological polar surface area (TPSA) is 52.3 Å². The Kier molecular flexibility index (Phi) is 5.35. The van der Waals surface area contributed by atoms with Crippen molar-refractivity contribution in [3.8, 4) is 0 Å². The van der Waals surface area contributed by atoms with Crippen molar-refractivity contribution < 1.29 is 9.53 Å². The molecular weight excluding hydrogens is 294 g/mol. The Morgan fingerprint density at radius 1 is 1.55 bits per heavy atom. The van der Waals surface area contributed by atoms with Crippen molar-refractivity contribution in [2.24, 2.45) is 5.73 Å². The maximum absolute atomic E-state index is 11.8. The first-order valence-corrected chi connectivity index (χ1v) is 8.20. The van der Waals surface area contributed by atoms with Crippen LogP contribution in [0.3, 0.4) is 0 Å². The smallest absolute Gasteiger partial charge is 0.325 e. The van der Waals surface area contributed by atoms with Crippen molar-refractivity contribution in [1.82, 2.24) is 0 Å². The first kappa shape index (κ1) is 15.7. The van der Waals surface area contributed by atoms with E-state index >= 15 is 0 Å². The average Bonchev–Trinajstić information content (AvgIpc) is 2.45. The lowest BCUT2D eigenvalue weighted by Crippen LogP contribution is -2.52. The minimum atomic E-state index is -0.814. The number of thioether (sulfide) groups is 1. The van der Waals surface area contributed by atoms with Crippen molar-refractivity contribution in [2.45, 2.75) is 42.2 Å². The van der Waals surface area contributed by atoms with Gasteiger partial charge in [-0.1, -0.05) is 29.8 Å². The quantitative estimate of drug-likeness (QED) is 0.866. The van der Waals surface area contributed by atoms with E-state index in [2.05, 4.69) is 0 Å². The molecule has 2 N–H and O–H groups in total. The van der Waals surface area contributed by atoms with E-state index in [1.165, 1.54) is 7.11 Å². The van der Waals surface area contributed by atoms with Gasteiger partial charge >= 0.3 is 5.97 Å². The molecule has 0 amide bonds. The molecule has 3 nitrogen and oxygen atoms in total. The zero-order valence-electron chi connectivity index (χ0n) is 11.6. The molecule has 1 aliphatic rings. The van der Waals surface area contributed by atoms with Gasteiger partial charge in [0.25, 0.3) is 0 Å². The molecule has 0 radical (unpaired) electrons. The highest BCUT2D eigenvalue weighted by atomic mass is 35.5. The second-order valence-electron chi connectivity index (χ2n) is 5.27. The van der Waals surface area contributed by atoms with Gasteiger partial charge in [-0.25, -0.2) is 0 Å². The van der Waals surface area contributed by atoms with Gasteiger partial charge in [-0.3, -0.25) is 4.79 Å². The molecule has 0 bridgehead atoms. The largest absolute Gasteiger partial charge is 0.468 e. The fourth-order valence-corrected chi connectivity index (χ4v) is 4.31. The molecule has 0 heterocycles. The zero-order valence-corrected chi connectivity index (χ0v) is 13.2. The highest BCUT2D eigenvalue weighted by Crippen LogP contribution is 2.36. The summed E-state index contributed by atoms with van der Waals surface area (Å²) in [6, 6.07) is 7.86. The van der Waals surface area contributed by atoms with Gasteiger partial charge in [0.05, 0.1) is 7.11 Å². The predicted molar refractivity (Wildman–Crippen MR) is 83.9 cm³/mol. The Labute approximate surface area is 129 Å². The number of nitrogens with two attached hydrogens (primary N) is 1. The molecule has 0 aliphatic heterocycles. The van der Waals surface area contributed by atoms with Crippen molar-refractivity contribution in [1.29, 1.82) is 0 Å². The van der Waals surface area contributed by atoms with Crippen LogP contribution in [0.25, 0.3) is 0 Å². The molecule has 0 aromatic heterocycles. The third kappa shape index (κ3) is 3.68. The summed E-state index contributed by atoms with van der Waals surface area (Å²) in [4.78, 5) is 11.8. The van der Waals surface area contributed by atoms with Crippen LogP contribution < -0.4 is 5.73 Å².